The van der Waals surface area contributed by atoms with E-state index in [1.165, 1.54) is 6.92 Å². The third-order valence-corrected chi connectivity index (χ3v) is 0.256. The summed E-state index contributed by atoms with van der Waals surface area (Å²) in [5.74, 6) is 0. The zero-order valence-electron chi connectivity index (χ0n) is 5.15. The first-order chi connectivity index (χ1) is 3.18. The van der Waals surface area contributed by atoms with Crippen LogP contribution < -0.4 is 0 Å². The molecule has 0 heterocycles. The minimum Gasteiger partial charge on any atom is -0.392 e. The largest absolute Gasteiger partial charge is 0.392 e. The molecule has 0 unspecified atom stereocenters. The first-order valence-electron chi connectivity index (χ1n) is 2.42. The fourth-order valence-corrected chi connectivity index (χ4v) is 0.0791. The minimum absolute atomic E-state index is 0.0139. The van der Waals surface area contributed by atoms with E-state index in [2.05, 4.69) is 0 Å². The van der Waals surface area contributed by atoms with Crippen molar-refractivity contribution in [3.63, 3.8) is 0 Å². The Kier molecular flexibility index (Phi) is 1.47. The molecule has 0 fully saturated rings. The molecule has 30 valence electrons. The summed E-state index contributed by atoms with van der Waals surface area (Å²) in [6.07, 6.45) is 0. The second-order valence-corrected chi connectivity index (χ2v) is 0.585. The van der Waals surface area contributed by atoms with Gasteiger partial charge in [0.1, 0.15) is 0 Å². The highest BCUT2D eigenvalue weighted by Gasteiger charge is 1.52. The van der Waals surface area contributed by atoms with Gasteiger partial charge in [-0.05, 0) is 6.92 Å². The summed E-state index contributed by atoms with van der Waals surface area (Å²) in [7, 11) is 0. The van der Waals surface area contributed by atoms with Crippen molar-refractivity contribution in [2.24, 2.45) is 0 Å². The van der Waals surface area contributed by atoms with E-state index in [4.69, 9.17) is 7.85 Å². The third kappa shape index (κ3) is 3.70. The van der Waals surface area contributed by atoms with Gasteiger partial charge < -0.3 is 5.11 Å². The summed E-state index contributed by atoms with van der Waals surface area (Å²) < 4.78 is 13.4. The predicted molar refractivity (Wildman–Crippen MR) is 21.9 cm³/mol. The van der Waals surface area contributed by atoms with Gasteiger partial charge in [-0.25, -0.2) is 0 Å². The predicted octanol–water partition coefficient (Wildman–Crippen LogP) is 0.555. The number of rotatable bonds is 1. The second-order valence-electron chi connectivity index (χ2n) is 0.585. The number of hydrogen-bond donors (Lipinski definition) is 1. The molecule has 0 amide bonds. The summed E-state index contributed by atoms with van der Waals surface area (Å²) in [6, 6.07) is 0.113. The fourth-order valence-electron chi connectivity index (χ4n) is 0.0791. The number of aliphatic hydroxyl groups excluding tert-OH is 1. The zero-order chi connectivity index (χ0) is 5.86. The van der Waals surface area contributed by atoms with Crippen LogP contribution in [0.2, 0.25) is 0 Å². The van der Waals surface area contributed by atoms with Gasteiger partial charge in [0.15, 0.2) is 0 Å². The average molecular weight is 74.1 g/mol. The molecule has 5 heavy (non-hydrogen) atoms. The Hall–Kier alpha value is -0.300. The molecule has 1 N–H and O–H groups in total. The van der Waals surface area contributed by atoms with E-state index in [-0.39, 0.29) is 18.7 Å². The second kappa shape index (κ2) is 3.70. The Morgan fingerprint density at radius 1 is 2.20 bits per heavy atom. The van der Waals surface area contributed by atoms with Crippen molar-refractivity contribution in [3.8, 4) is 0 Å². The van der Waals surface area contributed by atoms with E-state index in [1.807, 2.05) is 0 Å². The van der Waals surface area contributed by atoms with Gasteiger partial charge in [-0.1, -0.05) is 12.1 Å². The highest BCUT2D eigenvalue weighted by Crippen LogP contribution is 1.60. The zero-order valence-corrected chi connectivity index (χ0v) is 3.15. The van der Waals surface area contributed by atoms with Gasteiger partial charge in [0, 0.05) is 0 Å². The van der Waals surface area contributed by atoms with Gasteiger partial charge in [0.25, 0.3) is 0 Å². The lowest BCUT2D eigenvalue weighted by molar-refractivity contribution is 0.342. The smallest absolute Gasteiger partial charge is 0.0612 e. The fraction of sp³-hybridized carbons (Fsp3) is 0.500. The van der Waals surface area contributed by atoms with Crippen LogP contribution in [0, 0.1) is 0 Å². The van der Waals surface area contributed by atoms with E-state index in [9.17, 15) is 0 Å². The van der Waals surface area contributed by atoms with Crippen LogP contribution in [0.25, 0.3) is 0 Å². The molecule has 0 aliphatic heterocycles. The summed E-state index contributed by atoms with van der Waals surface area (Å²) in [5, 5.41) is 8.14. The van der Waals surface area contributed by atoms with E-state index >= 15 is 0 Å². The Bertz CT molecular complexity index is 83.7. The maximum absolute atomic E-state index is 8.14. The van der Waals surface area contributed by atoms with Crippen LogP contribution in [-0.2, 0) is 0 Å². The number of aliphatic hydroxyl groups is 1. The molecule has 1 heteroatoms. The van der Waals surface area contributed by atoms with Crippen molar-refractivity contribution in [1.29, 1.82) is 0 Å². The summed E-state index contributed by atoms with van der Waals surface area (Å²) in [6.45, 7) is 1.15. The molecule has 0 atom stereocenters. The summed E-state index contributed by atoms with van der Waals surface area (Å²) in [5.41, 5.74) is 0. The Balaban J connectivity index is 3.72. The van der Waals surface area contributed by atoms with E-state index in [0.29, 0.717) is 0 Å². The molecule has 0 aromatic carbocycles. The Morgan fingerprint density at radius 3 is 2.80 bits per heavy atom. The maximum atomic E-state index is 8.14. The molecule has 0 saturated carbocycles. The molecule has 0 aromatic rings. The van der Waals surface area contributed by atoms with Crippen molar-refractivity contribution in [2.45, 2.75) is 6.92 Å². The van der Waals surface area contributed by atoms with E-state index in [0.717, 1.165) is 0 Å². The van der Waals surface area contributed by atoms with Gasteiger partial charge in [-0.15, -0.1) is 0 Å². The van der Waals surface area contributed by atoms with E-state index < -0.39 is 0 Å². The Labute approximate surface area is 34.7 Å². The van der Waals surface area contributed by atoms with Crippen molar-refractivity contribution in [3.05, 3.63) is 12.1 Å². The first kappa shape index (κ1) is 1.98. The standard InChI is InChI=1S/C4H8O/c1-2-3-4-5/h2-3,5H,4H2,1H3/b3-2+/i2D,3D. The van der Waals surface area contributed by atoms with Crippen LogP contribution in [0.4, 0.5) is 0 Å². The lowest BCUT2D eigenvalue weighted by Crippen LogP contribution is -1.65. The third-order valence-electron chi connectivity index (χ3n) is 0.256. The van der Waals surface area contributed by atoms with Crippen molar-refractivity contribution < 1.29 is 7.85 Å². The molecule has 0 rings (SSSR count). The van der Waals surface area contributed by atoms with E-state index in [1.54, 1.807) is 0 Å². The SMILES string of the molecule is [2H]/C(C)=C(/[2H])CO. The van der Waals surface area contributed by atoms with Gasteiger partial charge in [0.2, 0.25) is 0 Å². The summed E-state index contributed by atoms with van der Waals surface area (Å²) in [4.78, 5) is 0. The maximum Gasteiger partial charge on any atom is 0.0612 e. The molecule has 0 aliphatic carbocycles. The van der Waals surface area contributed by atoms with Crippen LogP contribution in [0.1, 0.15) is 9.67 Å². The van der Waals surface area contributed by atoms with Crippen molar-refractivity contribution >= 4 is 0 Å². The Morgan fingerprint density at radius 2 is 2.80 bits per heavy atom. The van der Waals surface area contributed by atoms with Crippen LogP contribution >= 0.6 is 0 Å². The highest BCUT2D eigenvalue weighted by atomic mass is 16.2. The molecular weight excluding hydrogens is 64.0 g/mol. The minimum atomic E-state index is -0.324. The quantitative estimate of drug-likeness (QED) is 0.450. The van der Waals surface area contributed by atoms with Gasteiger partial charge in [0.05, 0.1) is 9.35 Å². The molecule has 0 saturated heterocycles. The molecule has 0 bridgehead atoms. The van der Waals surface area contributed by atoms with Crippen molar-refractivity contribution in [1.82, 2.24) is 0 Å². The first-order valence-corrected chi connectivity index (χ1v) is 1.42. The normalized spacial score (nSPS) is 19.6. The molecular formula is C4H8O. The highest BCUT2D eigenvalue weighted by molar-refractivity contribution is 4.74. The van der Waals surface area contributed by atoms with Crippen LogP contribution in [0.5, 0.6) is 0 Å². The molecule has 1 nitrogen and oxygen atoms in total. The lowest BCUT2D eigenvalue weighted by Gasteiger charge is -1.66. The van der Waals surface area contributed by atoms with Gasteiger partial charge in [-0.3, -0.25) is 0 Å². The van der Waals surface area contributed by atoms with Crippen LogP contribution in [0.15, 0.2) is 12.1 Å². The summed E-state index contributed by atoms with van der Waals surface area (Å²) >= 11 is 0. The van der Waals surface area contributed by atoms with Crippen molar-refractivity contribution in [2.75, 3.05) is 6.61 Å². The average Bonchev–Trinajstić information content (AvgIpc) is 1.65. The molecule has 0 spiro atoms. The number of allylic oxidation sites excluding steroid dienone is 1. The molecule has 0 radical (unpaired) electrons. The van der Waals surface area contributed by atoms with Crippen LogP contribution in [-0.4, -0.2) is 11.7 Å². The number of hydrogen-bond acceptors (Lipinski definition) is 1. The molecule has 0 aliphatic rings. The van der Waals surface area contributed by atoms with Gasteiger partial charge in [-0.2, -0.15) is 0 Å². The lowest BCUT2D eigenvalue weighted by atomic mass is 10.6. The topological polar surface area (TPSA) is 20.2 Å². The van der Waals surface area contributed by atoms with Gasteiger partial charge >= 0.3 is 0 Å². The van der Waals surface area contributed by atoms with Crippen LogP contribution in [0.3, 0.4) is 0 Å². The molecule has 0 aromatic heterocycles. The monoisotopic (exact) mass is 74.1 g/mol.